The minimum Gasteiger partial charge on any atom is -0.337 e. The summed E-state index contributed by atoms with van der Waals surface area (Å²) >= 11 is 7.81. The monoisotopic (exact) mass is 367 g/mol. The lowest BCUT2D eigenvalue weighted by Gasteiger charge is -2.19. The van der Waals surface area contributed by atoms with E-state index in [1.165, 1.54) is 6.33 Å². The highest BCUT2D eigenvalue weighted by Gasteiger charge is 2.18. The average molecular weight is 368 g/mol. The lowest BCUT2D eigenvalue weighted by Crippen LogP contribution is -2.05. The van der Waals surface area contributed by atoms with Gasteiger partial charge in [0.1, 0.15) is 16.9 Å². The highest BCUT2D eigenvalue weighted by molar-refractivity contribution is 7.99. The Bertz CT molecular complexity index is 1110. The quantitative estimate of drug-likeness (QED) is 0.478. The minimum absolute atomic E-state index is 0.401. The van der Waals surface area contributed by atoms with Crippen LogP contribution in [0.2, 0.25) is 5.15 Å². The van der Waals surface area contributed by atoms with Crippen LogP contribution in [0.4, 0.5) is 11.5 Å². The van der Waals surface area contributed by atoms with Crippen molar-refractivity contribution in [3.8, 4) is 0 Å². The number of fused-ring (bicyclic) bond motifs is 3. The number of hydrogen-bond acceptors (Lipinski definition) is 7. The summed E-state index contributed by atoms with van der Waals surface area (Å²) in [6, 6.07) is 6.26. The number of nitrogens with one attached hydrogen (secondary N) is 1. The molecule has 0 spiro atoms. The molecular weight excluding hydrogens is 358 g/mol. The summed E-state index contributed by atoms with van der Waals surface area (Å²) in [7, 11) is 0. The number of hydrogen-bond donors (Lipinski definition) is 1. The molecule has 0 bridgehead atoms. The molecule has 122 valence electrons. The zero-order valence-electron chi connectivity index (χ0n) is 12.7. The van der Waals surface area contributed by atoms with Crippen LogP contribution in [0.5, 0.6) is 0 Å². The fourth-order valence-electron chi connectivity index (χ4n) is 2.77. The third-order valence-corrected chi connectivity index (χ3v) is 5.23. The topological polar surface area (TPSA) is 81.4 Å². The molecule has 0 aliphatic carbocycles. The van der Waals surface area contributed by atoms with E-state index in [0.717, 1.165) is 32.5 Å². The van der Waals surface area contributed by atoms with Crippen LogP contribution in [-0.2, 0) is 6.54 Å². The zero-order chi connectivity index (χ0) is 16.8. The van der Waals surface area contributed by atoms with Crippen LogP contribution in [0.15, 0.2) is 53.2 Å². The van der Waals surface area contributed by atoms with Crippen LogP contribution in [0.1, 0.15) is 5.56 Å². The van der Waals surface area contributed by atoms with E-state index in [2.05, 4.69) is 48.4 Å². The summed E-state index contributed by atoms with van der Waals surface area (Å²) in [6.07, 6.45) is 6.53. The van der Waals surface area contributed by atoms with Gasteiger partial charge in [0, 0.05) is 23.8 Å². The van der Waals surface area contributed by atoms with Crippen molar-refractivity contribution >= 4 is 46.0 Å². The Hall–Kier alpha value is -2.71. The number of aromatic nitrogens is 6. The van der Waals surface area contributed by atoms with Crippen molar-refractivity contribution in [2.24, 2.45) is 0 Å². The highest BCUT2D eigenvalue weighted by atomic mass is 35.5. The van der Waals surface area contributed by atoms with Crippen molar-refractivity contribution in [2.75, 3.05) is 5.32 Å². The van der Waals surface area contributed by atoms with Crippen molar-refractivity contribution in [1.29, 1.82) is 0 Å². The molecule has 4 aromatic rings. The number of imidazole rings is 1. The maximum absolute atomic E-state index is 6.20. The third kappa shape index (κ3) is 2.50. The molecule has 4 heterocycles. The van der Waals surface area contributed by atoms with Crippen molar-refractivity contribution in [2.45, 2.75) is 16.5 Å². The van der Waals surface area contributed by atoms with Gasteiger partial charge < -0.3 is 9.88 Å². The van der Waals surface area contributed by atoms with Crippen LogP contribution in [-0.4, -0.2) is 29.5 Å². The van der Waals surface area contributed by atoms with Gasteiger partial charge in [0.15, 0.2) is 16.6 Å². The van der Waals surface area contributed by atoms with Gasteiger partial charge in [-0.15, -0.1) is 0 Å². The Morgan fingerprint density at radius 2 is 2.00 bits per heavy atom. The predicted molar refractivity (Wildman–Crippen MR) is 95.3 cm³/mol. The number of anilines is 2. The molecule has 7 nitrogen and oxygen atoms in total. The van der Waals surface area contributed by atoms with E-state index in [-0.39, 0.29) is 0 Å². The van der Waals surface area contributed by atoms with Gasteiger partial charge in [-0.1, -0.05) is 29.4 Å². The van der Waals surface area contributed by atoms with Gasteiger partial charge in [-0.25, -0.2) is 24.9 Å². The third-order valence-electron chi connectivity index (χ3n) is 3.89. The molecule has 0 amide bonds. The number of halogens is 1. The Balaban J connectivity index is 1.50. The summed E-state index contributed by atoms with van der Waals surface area (Å²) in [6.45, 7) is 0.622. The van der Waals surface area contributed by atoms with E-state index >= 15 is 0 Å². The first-order chi connectivity index (χ1) is 12.3. The van der Waals surface area contributed by atoms with Gasteiger partial charge >= 0.3 is 0 Å². The second kappa shape index (κ2) is 5.68. The van der Waals surface area contributed by atoms with E-state index in [9.17, 15) is 0 Å². The molecule has 5 rings (SSSR count). The molecule has 0 saturated heterocycles. The largest absolute Gasteiger partial charge is 0.337 e. The van der Waals surface area contributed by atoms with Gasteiger partial charge in [-0.2, -0.15) is 0 Å². The molecule has 0 unspecified atom stereocenters. The van der Waals surface area contributed by atoms with Crippen LogP contribution in [0.3, 0.4) is 0 Å². The van der Waals surface area contributed by atoms with Gasteiger partial charge in [-0.3, -0.25) is 0 Å². The van der Waals surface area contributed by atoms with Crippen LogP contribution >= 0.6 is 23.4 Å². The van der Waals surface area contributed by atoms with Crippen molar-refractivity contribution in [1.82, 2.24) is 29.5 Å². The molecule has 9 heteroatoms. The van der Waals surface area contributed by atoms with Crippen molar-refractivity contribution in [3.05, 3.63) is 54.0 Å². The fourth-order valence-corrected chi connectivity index (χ4v) is 3.88. The van der Waals surface area contributed by atoms with Crippen LogP contribution in [0.25, 0.3) is 11.2 Å². The molecule has 1 aromatic carbocycles. The first-order valence-electron chi connectivity index (χ1n) is 7.48. The second-order valence-corrected chi connectivity index (χ2v) is 6.87. The van der Waals surface area contributed by atoms with Gasteiger partial charge in [0.25, 0.3) is 0 Å². The SMILES string of the molecule is Clc1ncnc2ncn(Cc3ccc4c(c3)Nc3nccnc3S4)c12. The first-order valence-corrected chi connectivity index (χ1v) is 8.67. The normalized spacial score (nSPS) is 12.5. The van der Waals surface area contributed by atoms with E-state index in [1.54, 1.807) is 30.5 Å². The lowest BCUT2D eigenvalue weighted by atomic mass is 10.2. The summed E-state index contributed by atoms with van der Waals surface area (Å²) in [5.41, 5.74) is 3.46. The Kier molecular flexibility index (Phi) is 3.32. The molecule has 1 aliphatic heterocycles. The van der Waals surface area contributed by atoms with Gasteiger partial charge in [0.2, 0.25) is 0 Å². The highest BCUT2D eigenvalue weighted by Crippen LogP contribution is 2.42. The maximum atomic E-state index is 6.20. The molecule has 0 fully saturated rings. The maximum Gasteiger partial charge on any atom is 0.182 e. The molecule has 0 atom stereocenters. The molecule has 3 aromatic heterocycles. The Morgan fingerprint density at radius 3 is 2.96 bits per heavy atom. The molecule has 1 N–H and O–H groups in total. The molecular formula is C16H10ClN7S. The Labute approximate surface area is 151 Å². The summed E-state index contributed by atoms with van der Waals surface area (Å²) in [4.78, 5) is 22.3. The molecule has 0 saturated carbocycles. The summed E-state index contributed by atoms with van der Waals surface area (Å²) in [5.74, 6) is 0.779. The average Bonchev–Trinajstić information content (AvgIpc) is 3.04. The predicted octanol–water partition coefficient (Wildman–Crippen LogP) is 3.53. The lowest BCUT2D eigenvalue weighted by molar-refractivity contribution is 0.822. The van der Waals surface area contributed by atoms with E-state index < -0.39 is 0 Å². The van der Waals surface area contributed by atoms with Gasteiger partial charge in [0.05, 0.1) is 12.0 Å². The van der Waals surface area contributed by atoms with E-state index in [0.29, 0.717) is 17.3 Å². The van der Waals surface area contributed by atoms with Gasteiger partial charge in [-0.05, 0) is 17.7 Å². The number of benzene rings is 1. The first kappa shape index (κ1) is 14.6. The van der Waals surface area contributed by atoms with Crippen molar-refractivity contribution in [3.63, 3.8) is 0 Å². The summed E-state index contributed by atoms with van der Waals surface area (Å²) < 4.78 is 1.95. The standard InChI is InChI=1S/C16H10ClN7S/c17-13-12-14(21-7-20-13)22-8-24(12)6-9-1-2-11-10(5-9)23-15-16(25-11)19-4-3-18-15/h1-5,7-8H,6H2,(H,18,23). The fraction of sp³-hybridized carbons (Fsp3) is 0.0625. The number of nitrogens with zero attached hydrogens (tertiary/aromatic N) is 6. The molecule has 1 aliphatic rings. The zero-order valence-corrected chi connectivity index (χ0v) is 14.3. The number of rotatable bonds is 2. The minimum atomic E-state index is 0.401. The molecule has 0 radical (unpaired) electrons. The smallest absolute Gasteiger partial charge is 0.182 e. The second-order valence-electron chi connectivity index (χ2n) is 5.48. The Morgan fingerprint density at radius 1 is 1.08 bits per heavy atom. The van der Waals surface area contributed by atoms with Crippen LogP contribution < -0.4 is 5.32 Å². The summed E-state index contributed by atoms with van der Waals surface area (Å²) in [5, 5.41) is 4.62. The van der Waals surface area contributed by atoms with E-state index in [4.69, 9.17) is 11.6 Å². The van der Waals surface area contributed by atoms with Crippen LogP contribution in [0, 0.1) is 0 Å². The van der Waals surface area contributed by atoms with E-state index in [1.807, 2.05) is 4.57 Å². The molecule has 25 heavy (non-hydrogen) atoms. The van der Waals surface area contributed by atoms with Crippen molar-refractivity contribution < 1.29 is 0 Å².